The van der Waals surface area contributed by atoms with Crippen molar-refractivity contribution >= 4 is 17.7 Å². The molecule has 0 aromatic rings. The van der Waals surface area contributed by atoms with E-state index in [4.69, 9.17) is 0 Å². The monoisotopic (exact) mass is 244 g/mol. The van der Waals surface area contributed by atoms with Gasteiger partial charge in [-0.3, -0.25) is 4.79 Å². The maximum absolute atomic E-state index is 11.7. The van der Waals surface area contributed by atoms with Crippen LogP contribution in [-0.2, 0) is 4.79 Å². The highest BCUT2D eigenvalue weighted by molar-refractivity contribution is 8.00. The van der Waals surface area contributed by atoms with Crippen molar-refractivity contribution in [1.29, 1.82) is 0 Å². The molecule has 16 heavy (non-hydrogen) atoms. The van der Waals surface area contributed by atoms with Gasteiger partial charge in [0.15, 0.2) is 0 Å². The summed E-state index contributed by atoms with van der Waals surface area (Å²) in [5.74, 6) is 1.32. The molecule has 0 radical (unpaired) electrons. The van der Waals surface area contributed by atoms with Crippen LogP contribution in [0.5, 0.6) is 0 Å². The zero-order valence-electron chi connectivity index (χ0n) is 10.5. The molecule has 0 aliphatic carbocycles. The molecule has 1 rings (SSSR count). The Morgan fingerprint density at radius 3 is 2.81 bits per heavy atom. The summed E-state index contributed by atoms with van der Waals surface area (Å²) in [6, 6.07) is 0. The normalized spacial score (nSPS) is 21.9. The summed E-state index contributed by atoms with van der Waals surface area (Å²) >= 11 is 1.82. The first-order valence-electron chi connectivity index (χ1n) is 6.39. The van der Waals surface area contributed by atoms with Crippen LogP contribution in [0.4, 0.5) is 0 Å². The number of nitrogens with one attached hydrogen (secondary N) is 1. The molecule has 4 heteroatoms. The summed E-state index contributed by atoms with van der Waals surface area (Å²) in [5.41, 5.74) is 0. The molecule has 1 heterocycles. The summed E-state index contributed by atoms with van der Waals surface area (Å²) in [6.45, 7) is 8.55. The Balaban J connectivity index is 2.22. The largest absolute Gasteiger partial charge is 0.355 e. The van der Waals surface area contributed by atoms with E-state index in [1.165, 1.54) is 6.42 Å². The fraction of sp³-hybridized carbons (Fsp3) is 0.917. The average Bonchev–Trinajstić information content (AvgIpc) is 2.50. The topological polar surface area (TPSA) is 32.3 Å². The summed E-state index contributed by atoms with van der Waals surface area (Å²) in [7, 11) is 0. The highest BCUT2D eigenvalue weighted by Crippen LogP contribution is 2.19. The van der Waals surface area contributed by atoms with Gasteiger partial charge in [0.2, 0.25) is 5.91 Å². The second-order valence-corrected chi connectivity index (χ2v) is 5.48. The standard InChI is InChI=1S/C12H24N2OS/c1-3-14(4-2)9-10-16-11-7-5-6-8-13-12(11)15/h11H,3-10H2,1-2H3,(H,13,15). The number of amides is 1. The molecule has 0 spiro atoms. The minimum Gasteiger partial charge on any atom is -0.355 e. The lowest BCUT2D eigenvalue weighted by Gasteiger charge is -2.19. The van der Waals surface area contributed by atoms with Gasteiger partial charge in [0, 0.05) is 18.8 Å². The van der Waals surface area contributed by atoms with Crippen molar-refractivity contribution in [1.82, 2.24) is 10.2 Å². The predicted molar refractivity (Wildman–Crippen MR) is 70.9 cm³/mol. The van der Waals surface area contributed by atoms with Gasteiger partial charge in [-0.1, -0.05) is 20.3 Å². The molecule has 1 aliphatic rings. The number of rotatable bonds is 6. The van der Waals surface area contributed by atoms with Gasteiger partial charge in [0.1, 0.15) is 0 Å². The lowest BCUT2D eigenvalue weighted by molar-refractivity contribution is -0.120. The van der Waals surface area contributed by atoms with E-state index in [0.717, 1.165) is 44.8 Å². The Hall–Kier alpha value is -0.220. The molecule has 1 amide bonds. The third-order valence-electron chi connectivity index (χ3n) is 3.11. The van der Waals surface area contributed by atoms with Gasteiger partial charge in [-0.2, -0.15) is 0 Å². The smallest absolute Gasteiger partial charge is 0.233 e. The molecule has 0 aromatic heterocycles. The van der Waals surface area contributed by atoms with Crippen LogP contribution >= 0.6 is 11.8 Å². The molecule has 94 valence electrons. The van der Waals surface area contributed by atoms with Crippen LogP contribution in [0.15, 0.2) is 0 Å². The number of carbonyl (C=O) groups is 1. The molecule has 3 nitrogen and oxygen atoms in total. The number of hydrogen-bond acceptors (Lipinski definition) is 3. The molecule has 1 N–H and O–H groups in total. The fourth-order valence-electron chi connectivity index (χ4n) is 1.93. The van der Waals surface area contributed by atoms with Crippen molar-refractivity contribution in [3.63, 3.8) is 0 Å². The molecule has 1 saturated heterocycles. The summed E-state index contributed by atoms with van der Waals surface area (Å²) in [4.78, 5) is 14.1. The molecular weight excluding hydrogens is 220 g/mol. The first-order valence-corrected chi connectivity index (χ1v) is 7.44. The lowest BCUT2D eigenvalue weighted by atomic mass is 10.2. The third kappa shape index (κ3) is 4.74. The number of hydrogen-bond donors (Lipinski definition) is 1. The Morgan fingerprint density at radius 2 is 2.12 bits per heavy atom. The molecule has 0 bridgehead atoms. The first-order chi connectivity index (χ1) is 7.77. The van der Waals surface area contributed by atoms with Crippen molar-refractivity contribution in [2.45, 2.75) is 38.4 Å². The van der Waals surface area contributed by atoms with Gasteiger partial charge in [0.05, 0.1) is 5.25 Å². The highest BCUT2D eigenvalue weighted by atomic mass is 32.2. The van der Waals surface area contributed by atoms with Gasteiger partial charge in [-0.05, 0) is 25.9 Å². The first kappa shape index (κ1) is 13.8. The minimum absolute atomic E-state index is 0.193. The van der Waals surface area contributed by atoms with Crippen molar-refractivity contribution < 1.29 is 4.79 Å². The number of carbonyl (C=O) groups excluding carboxylic acids is 1. The summed E-state index contributed by atoms with van der Waals surface area (Å²) in [6.07, 6.45) is 3.37. The van der Waals surface area contributed by atoms with E-state index in [2.05, 4.69) is 24.1 Å². The Morgan fingerprint density at radius 1 is 1.38 bits per heavy atom. The van der Waals surface area contributed by atoms with Gasteiger partial charge in [-0.15, -0.1) is 11.8 Å². The van der Waals surface area contributed by atoms with E-state index in [1.807, 2.05) is 11.8 Å². The second-order valence-electron chi connectivity index (χ2n) is 4.17. The van der Waals surface area contributed by atoms with Gasteiger partial charge in [-0.25, -0.2) is 0 Å². The van der Waals surface area contributed by atoms with Crippen molar-refractivity contribution in [2.24, 2.45) is 0 Å². The Labute approximate surface area is 103 Å². The Bertz CT molecular complexity index is 207. The SMILES string of the molecule is CCN(CC)CCSC1CCCCNC1=O. The summed E-state index contributed by atoms with van der Waals surface area (Å²) < 4.78 is 0. The number of nitrogens with zero attached hydrogens (tertiary/aromatic N) is 1. The van der Waals surface area contributed by atoms with E-state index < -0.39 is 0 Å². The van der Waals surface area contributed by atoms with E-state index in [9.17, 15) is 4.79 Å². The summed E-state index contributed by atoms with van der Waals surface area (Å²) in [5, 5.41) is 3.18. The molecule has 0 aromatic carbocycles. The minimum atomic E-state index is 0.193. The van der Waals surface area contributed by atoms with Gasteiger partial charge < -0.3 is 10.2 Å². The molecule has 0 saturated carbocycles. The fourth-order valence-corrected chi connectivity index (χ4v) is 3.15. The van der Waals surface area contributed by atoms with Crippen LogP contribution in [0.2, 0.25) is 0 Å². The molecular formula is C12H24N2OS. The average molecular weight is 244 g/mol. The molecule has 1 fully saturated rings. The van der Waals surface area contributed by atoms with Crippen molar-refractivity contribution in [3.05, 3.63) is 0 Å². The zero-order valence-corrected chi connectivity index (χ0v) is 11.3. The Kier molecular flexibility index (Phi) is 6.88. The van der Waals surface area contributed by atoms with E-state index in [0.29, 0.717) is 0 Å². The predicted octanol–water partition coefficient (Wildman–Crippen LogP) is 1.73. The van der Waals surface area contributed by atoms with Crippen LogP contribution in [0.1, 0.15) is 33.1 Å². The van der Waals surface area contributed by atoms with Crippen LogP contribution < -0.4 is 5.32 Å². The van der Waals surface area contributed by atoms with Crippen LogP contribution in [0, 0.1) is 0 Å². The maximum Gasteiger partial charge on any atom is 0.233 e. The van der Waals surface area contributed by atoms with Crippen molar-refractivity contribution in [3.8, 4) is 0 Å². The number of thioether (sulfide) groups is 1. The van der Waals surface area contributed by atoms with E-state index in [1.54, 1.807) is 0 Å². The lowest BCUT2D eigenvalue weighted by Crippen LogP contribution is -2.32. The molecule has 1 unspecified atom stereocenters. The zero-order chi connectivity index (χ0) is 11.8. The van der Waals surface area contributed by atoms with Gasteiger partial charge >= 0.3 is 0 Å². The van der Waals surface area contributed by atoms with Crippen LogP contribution in [0.25, 0.3) is 0 Å². The van der Waals surface area contributed by atoms with Crippen LogP contribution in [0.3, 0.4) is 0 Å². The quantitative estimate of drug-likeness (QED) is 0.772. The maximum atomic E-state index is 11.7. The van der Waals surface area contributed by atoms with Crippen LogP contribution in [-0.4, -0.2) is 48.0 Å². The second kappa shape index (κ2) is 7.96. The van der Waals surface area contributed by atoms with Gasteiger partial charge in [0.25, 0.3) is 0 Å². The van der Waals surface area contributed by atoms with E-state index >= 15 is 0 Å². The van der Waals surface area contributed by atoms with E-state index in [-0.39, 0.29) is 11.2 Å². The van der Waals surface area contributed by atoms with Crippen molar-refractivity contribution in [2.75, 3.05) is 31.9 Å². The highest BCUT2D eigenvalue weighted by Gasteiger charge is 2.20. The third-order valence-corrected chi connectivity index (χ3v) is 4.38. The molecule has 1 atom stereocenters. The molecule has 1 aliphatic heterocycles.